The fraction of sp³-hybridized carbons (Fsp3) is 0.538. The average Bonchev–Trinajstić information content (AvgIpc) is 2.30. The predicted molar refractivity (Wildman–Crippen MR) is 70.3 cm³/mol. The maximum Gasteiger partial charge on any atom is 0.119 e. The van der Waals surface area contributed by atoms with Crippen molar-refractivity contribution in [2.75, 3.05) is 13.2 Å². The second-order valence-electron chi connectivity index (χ2n) is 3.78. The van der Waals surface area contributed by atoms with Crippen LogP contribution >= 0.6 is 15.9 Å². The minimum absolute atomic E-state index is 0.0985. The van der Waals surface area contributed by atoms with Crippen molar-refractivity contribution in [2.45, 2.75) is 31.7 Å². The molecule has 1 atom stereocenters. The normalized spacial score (nSPS) is 12.4. The van der Waals surface area contributed by atoms with Gasteiger partial charge in [-0.2, -0.15) is 0 Å². The highest BCUT2D eigenvalue weighted by Gasteiger charge is 2.03. The van der Waals surface area contributed by atoms with E-state index in [9.17, 15) is 0 Å². The summed E-state index contributed by atoms with van der Waals surface area (Å²) in [6.07, 6.45) is 1.15. The molecule has 0 aliphatic carbocycles. The molecule has 1 aromatic carbocycles. The molecule has 3 heteroatoms. The summed E-state index contributed by atoms with van der Waals surface area (Å²) in [5, 5.41) is 0.877. The molecule has 16 heavy (non-hydrogen) atoms. The van der Waals surface area contributed by atoms with Crippen LogP contribution in [-0.4, -0.2) is 19.3 Å². The molecular weight excluding hydrogens is 268 g/mol. The average molecular weight is 287 g/mol. The summed E-state index contributed by atoms with van der Waals surface area (Å²) in [6.45, 7) is 5.57. The van der Waals surface area contributed by atoms with E-state index in [2.05, 4.69) is 35.0 Å². The van der Waals surface area contributed by atoms with E-state index in [1.165, 1.54) is 5.56 Å². The lowest BCUT2D eigenvalue weighted by molar-refractivity contribution is 0.0590. The highest BCUT2D eigenvalue weighted by atomic mass is 79.9. The van der Waals surface area contributed by atoms with Crippen molar-refractivity contribution >= 4 is 15.9 Å². The highest BCUT2D eigenvalue weighted by Crippen LogP contribution is 2.15. The number of benzene rings is 1. The SMILES string of the molecule is CCCOCC(C)Oc1ccc(CBr)cc1. The van der Waals surface area contributed by atoms with Crippen LogP contribution in [0.5, 0.6) is 5.75 Å². The summed E-state index contributed by atoms with van der Waals surface area (Å²) in [5.74, 6) is 0.900. The number of rotatable bonds is 7. The minimum atomic E-state index is 0.0985. The molecule has 2 nitrogen and oxygen atoms in total. The van der Waals surface area contributed by atoms with Crippen LogP contribution in [0.1, 0.15) is 25.8 Å². The van der Waals surface area contributed by atoms with Crippen LogP contribution in [0.15, 0.2) is 24.3 Å². The summed E-state index contributed by atoms with van der Waals surface area (Å²) >= 11 is 3.41. The predicted octanol–water partition coefficient (Wildman–Crippen LogP) is 3.78. The van der Waals surface area contributed by atoms with Crippen molar-refractivity contribution in [1.82, 2.24) is 0 Å². The third-order valence-corrected chi connectivity index (χ3v) is 2.76. The highest BCUT2D eigenvalue weighted by molar-refractivity contribution is 9.08. The van der Waals surface area contributed by atoms with Crippen LogP contribution < -0.4 is 4.74 Å². The Labute approximate surface area is 106 Å². The summed E-state index contributed by atoms with van der Waals surface area (Å²) < 4.78 is 11.1. The van der Waals surface area contributed by atoms with Gasteiger partial charge in [0.25, 0.3) is 0 Å². The summed E-state index contributed by atoms with van der Waals surface area (Å²) in [7, 11) is 0. The van der Waals surface area contributed by atoms with Crippen molar-refractivity contribution in [3.8, 4) is 5.75 Å². The van der Waals surface area contributed by atoms with Crippen molar-refractivity contribution in [3.05, 3.63) is 29.8 Å². The van der Waals surface area contributed by atoms with E-state index in [0.29, 0.717) is 6.61 Å². The molecule has 1 rings (SSSR count). The lowest BCUT2D eigenvalue weighted by Crippen LogP contribution is -2.19. The van der Waals surface area contributed by atoms with Crippen LogP contribution in [0.2, 0.25) is 0 Å². The Morgan fingerprint density at radius 1 is 1.25 bits per heavy atom. The Morgan fingerprint density at radius 3 is 2.50 bits per heavy atom. The zero-order valence-corrected chi connectivity index (χ0v) is 11.5. The molecule has 0 amide bonds. The van der Waals surface area contributed by atoms with Gasteiger partial charge < -0.3 is 9.47 Å². The molecular formula is C13H19BrO2. The quantitative estimate of drug-likeness (QED) is 0.561. The van der Waals surface area contributed by atoms with Crippen molar-refractivity contribution < 1.29 is 9.47 Å². The molecule has 0 aliphatic rings. The summed E-state index contributed by atoms with van der Waals surface area (Å²) in [4.78, 5) is 0. The van der Waals surface area contributed by atoms with E-state index in [-0.39, 0.29) is 6.10 Å². The third kappa shape index (κ3) is 4.99. The lowest BCUT2D eigenvalue weighted by Gasteiger charge is -2.14. The third-order valence-electron chi connectivity index (χ3n) is 2.12. The lowest BCUT2D eigenvalue weighted by atomic mass is 10.2. The Hall–Kier alpha value is -0.540. The molecule has 90 valence electrons. The fourth-order valence-electron chi connectivity index (χ4n) is 1.32. The topological polar surface area (TPSA) is 18.5 Å². The Morgan fingerprint density at radius 2 is 1.94 bits per heavy atom. The monoisotopic (exact) mass is 286 g/mol. The zero-order chi connectivity index (χ0) is 11.8. The van der Waals surface area contributed by atoms with Gasteiger partial charge in [-0.25, -0.2) is 0 Å². The first-order valence-electron chi connectivity index (χ1n) is 5.65. The van der Waals surface area contributed by atoms with Crippen LogP contribution in [0.25, 0.3) is 0 Å². The first kappa shape index (κ1) is 13.5. The van der Waals surface area contributed by atoms with Gasteiger partial charge in [0, 0.05) is 11.9 Å². The number of alkyl halides is 1. The number of hydrogen-bond acceptors (Lipinski definition) is 2. The van der Waals surface area contributed by atoms with E-state index < -0.39 is 0 Å². The van der Waals surface area contributed by atoms with Crippen LogP contribution in [0.4, 0.5) is 0 Å². The molecule has 0 spiro atoms. The van der Waals surface area contributed by atoms with Gasteiger partial charge in [-0.15, -0.1) is 0 Å². The Bertz CT molecular complexity index is 284. The standard InChI is InChI=1S/C13H19BrO2/c1-3-8-15-10-11(2)16-13-6-4-12(9-14)5-7-13/h4-7,11H,3,8-10H2,1-2H3. The van der Waals surface area contributed by atoms with Gasteiger partial charge in [0.2, 0.25) is 0 Å². The van der Waals surface area contributed by atoms with Crippen LogP contribution in [0.3, 0.4) is 0 Å². The van der Waals surface area contributed by atoms with Gasteiger partial charge in [0.1, 0.15) is 11.9 Å². The zero-order valence-electron chi connectivity index (χ0n) is 9.91. The maximum absolute atomic E-state index is 5.72. The van der Waals surface area contributed by atoms with E-state index in [0.717, 1.165) is 24.1 Å². The molecule has 1 unspecified atom stereocenters. The molecule has 0 radical (unpaired) electrons. The molecule has 1 aromatic rings. The van der Waals surface area contributed by atoms with Crippen molar-refractivity contribution in [1.29, 1.82) is 0 Å². The second kappa shape index (κ2) is 7.69. The first-order chi connectivity index (χ1) is 7.76. The summed E-state index contributed by atoms with van der Waals surface area (Å²) in [6, 6.07) is 8.10. The van der Waals surface area contributed by atoms with E-state index in [4.69, 9.17) is 9.47 Å². The van der Waals surface area contributed by atoms with Crippen molar-refractivity contribution in [3.63, 3.8) is 0 Å². The second-order valence-corrected chi connectivity index (χ2v) is 4.34. The molecule has 0 aromatic heterocycles. The molecule has 0 fully saturated rings. The van der Waals surface area contributed by atoms with E-state index >= 15 is 0 Å². The Balaban J connectivity index is 2.34. The van der Waals surface area contributed by atoms with Gasteiger partial charge in [-0.1, -0.05) is 35.0 Å². The van der Waals surface area contributed by atoms with Gasteiger partial charge in [0.05, 0.1) is 6.61 Å². The number of hydrogen-bond donors (Lipinski definition) is 0. The number of ether oxygens (including phenoxy) is 2. The fourth-order valence-corrected chi connectivity index (χ4v) is 1.69. The molecule has 0 bridgehead atoms. The van der Waals surface area contributed by atoms with E-state index in [1.54, 1.807) is 0 Å². The molecule has 0 saturated carbocycles. The molecule has 0 aliphatic heterocycles. The van der Waals surface area contributed by atoms with Gasteiger partial charge in [0.15, 0.2) is 0 Å². The minimum Gasteiger partial charge on any atom is -0.488 e. The van der Waals surface area contributed by atoms with Crippen LogP contribution in [0, 0.1) is 0 Å². The van der Waals surface area contributed by atoms with Gasteiger partial charge >= 0.3 is 0 Å². The maximum atomic E-state index is 5.72. The largest absolute Gasteiger partial charge is 0.488 e. The first-order valence-corrected chi connectivity index (χ1v) is 6.77. The molecule has 0 saturated heterocycles. The number of halogens is 1. The van der Waals surface area contributed by atoms with Gasteiger partial charge in [-0.3, -0.25) is 0 Å². The molecule has 0 heterocycles. The smallest absolute Gasteiger partial charge is 0.119 e. The molecule has 0 N–H and O–H groups in total. The van der Waals surface area contributed by atoms with Gasteiger partial charge in [-0.05, 0) is 31.0 Å². The van der Waals surface area contributed by atoms with Crippen LogP contribution in [-0.2, 0) is 10.1 Å². The van der Waals surface area contributed by atoms with Crippen molar-refractivity contribution in [2.24, 2.45) is 0 Å². The Kier molecular flexibility index (Phi) is 6.50. The summed E-state index contributed by atoms with van der Waals surface area (Å²) in [5.41, 5.74) is 1.25. The van der Waals surface area contributed by atoms with E-state index in [1.807, 2.05) is 19.1 Å².